The second kappa shape index (κ2) is 5.95. The molecule has 0 radical (unpaired) electrons. The summed E-state index contributed by atoms with van der Waals surface area (Å²) in [4.78, 5) is 2.52. The number of nitrogens with one attached hydrogen (secondary N) is 1. The summed E-state index contributed by atoms with van der Waals surface area (Å²) >= 11 is 0. The molecule has 1 aromatic carbocycles. The number of unbranched alkanes of at least 4 members (excludes halogenated alkanes) is 1. The lowest BCUT2D eigenvalue weighted by molar-refractivity contribution is 0.724. The normalized spacial score (nSPS) is 14.0. The van der Waals surface area contributed by atoms with Gasteiger partial charge in [-0.3, -0.25) is 0 Å². The highest BCUT2D eigenvalue weighted by molar-refractivity contribution is 5.67. The Morgan fingerprint density at radius 2 is 2.18 bits per heavy atom. The van der Waals surface area contributed by atoms with E-state index >= 15 is 0 Å². The molecule has 94 valence electrons. The summed E-state index contributed by atoms with van der Waals surface area (Å²) in [5.41, 5.74) is 4.33. The molecule has 0 aromatic heterocycles. The molecule has 0 spiro atoms. The van der Waals surface area contributed by atoms with Crippen LogP contribution in [0, 0.1) is 0 Å². The van der Waals surface area contributed by atoms with E-state index in [9.17, 15) is 0 Å². The molecule has 0 unspecified atom stereocenters. The summed E-state index contributed by atoms with van der Waals surface area (Å²) in [5, 5.41) is 3.51. The Morgan fingerprint density at radius 1 is 1.29 bits per heavy atom. The molecule has 1 aliphatic heterocycles. The fourth-order valence-corrected chi connectivity index (χ4v) is 2.59. The van der Waals surface area contributed by atoms with Crippen molar-refractivity contribution in [1.82, 2.24) is 0 Å². The minimum absolute atomic E-state index is 1.11. The van der Waals surface area contributed by atoms with Crippen molar-refractivity contribution >= 4 is 11.4 Å². The molecule has 1 heterocycles. The zero-order chi connectivity index (χ0) is 12.1. The maximum atomic E-state index is 3.51. The van der Waals surface area contributed by atoms with Crippen LogP contribution in [0.4, 0.5) is 11.4 Å². The molecular weight excluding hydrogens is 208 g/mol. The monoisotopic (exact) mass is 232 g/mol. The minimum Gasteiger partial charge on any atom is -0.385 e. The van der Waals surface area contributed by atoms with Crippen molar-refractivity contribution in [3.05, 3.63) is 23.8 Å². The van der Waals surface area contributed by atoms with Crippen molar-refractivity contribution in [2.75, 3.05) is 29.9 Å². The maximum Gasteiger partial charge on any atom is 0.0419 e. The molecular formula is C15H24N2. The van der Waals surface area contributed by atoms with Crippen LogP contribution < -0.4 is 10.2 Å². The Bertz CT molecular complexity index is 360. The molecule has 2 heteroatoms. The van der Waals surface area contributed by atoms with Crippen LogP contribution in [-0.4, -0.2) is 19.6 Å². The Morgan fingerprint density at radius 3 is 2.94 bits per heavy atom. The first-order valence-electron chi connectivity index (χ1n) is 6.97. The molecule has 1 N–H and O–H groups in total. The Balaban J connectivity index is 2.23. The van der Waals surface area contributed by atoms with Crippen LogP contribution in [0.25, 0.3) is 0 Å². The number of hydrogen-bond donors (Lipinski definition) is 1. The predicted molar refractivity (Wildman–Crippen MR) is 76.0 cm³/mol. The molecule has 0 amide bonds. The smallest absolute Gasteiger partial charge is 0.0419 e. The summed E-state index contributed by atoms with van der Waals surface area (Å²) < 4.78 is 0. The summed E-state index contributed by atoms with van der Waals surface area (Å²) in [5.74, 6) is 0. The molecule has 0 bridgehead atoms. The minimum atomic E-state index is 1.11. The Labute approximate surface area is 105 Å². The van der Waals surface area contributed by atoms with Gasteiger partial charge in [-0.25, -0.2) is 0 Å². The van der Waals surface area contributed by atoms with E-state index in [0.717, 1.165) is 13.1 Å². The van der Waals surface area contributed by atoms with E-state index in [1.54, 1.807) is 0 Å². The molecule has 2 rings (SSSR count). The van der Waals surface area contributed by atoms with Crippen LogP contribution in [-0.2, 0) is 6.42 Å². The van der Waals surface area contributed by atoms with Crippen molar-refractivity contribution in [2.45, 2.75) is 39.5 Å². The van der Waals surface area contributed by atoms with Crippen LogP contribution in [0.5, 0.6) is 0 Å². The third-order valence-corrected chi connectivity index (χ3v) is 3.57. The van der Waals surface area contributed by atoms with E-state index in [-0.39, 0.29) is 0 Å². The van der Waals surface area contributed by atoms with Gasteiger partial charge in [0.2, 0.25) is 0 Å². The summed E-state index contributed by atoms with van der Waals surface area (Å²) in [7, 11) is 0. The van der Waals surface area contributed by atoms with Gasteiger partial charge < -0.3 is 10.2 Å². The fourth-order valence-electron chi connectivity index (χ4n) is 2.59. The first-order chi connectivity index (χ1) is 8.36. The molecule has 0 saturated heterocycles. The second-order valence-corrected chi connectivity index (χ2v) is 4.77. The van der Waals surface area contributed by atoms with E-state index in [0.29, 0.717) is 0 Å². The topological polar surface area (TPSA) is 15.3 Å². The fraction of sp³-hybridized carbons (Fsp3) is 0.600. The summed E-state index contributed by atoms with van der Waals surface area (Å²) in [6.45, 7) is 7.93. The van der Waals surface area contributed by atoms with Crippen molar-refractivity contribution < 1.29 is 0 Å². The predicted octanol–water partition coefficient (Wildman–Crippen LogP) is 3.67. The number of hydrogen-bond acceptors (Lipinski definition) is 2. The quantitative estimate of drug-likeness (QED) is 0.833. The van der Waals surface area contributed by atoms with Gasteiger partial charge in [-0.05, 0) is 43.9 Å². The van der Waals surface area contributed by atoms with Crippen LogP contribution in [0.3, 0.4) is 0 Å². The van der Waals surface area contributed by atoms with Gasteiger partial charge in [0, 0.05) is 31.0 Å². The molecule has 0 saturated carbocycles. The van der Waals surface area contributed by atoms with E-state index in [1.165, 1.54) is 49.2 Å². The van der Waals surface area contributed by atoms with Gasteiger partial charge in [-0.15, -0.1) is 0 Å². The van der Waals surface area contributed by atoms with Gasteiger partial charge in [0.15, 0.2) is 0 Å². The highest BCUT2D eigenvalue weighted by atomic mass is 15.1. The zero-order valence-corrected chi connectivity index (χ0v) is 11.1. The van der Waals surface area contributed by atoms with Gasteiger partial charge >= 0.3 is 0 Å². The molecule has 1 aromatic rings. The SMILES string of the molecule is CCCCN(CC)c1cccc2c1CCCN2. The average Bonchev–Trinajstić information content (AvgIpc) is 2.40. The zero-order valence-electron chi connectivity index (χ0n) is 11.1. The third-order valence-electron chi connectivity index (χ3n) is 3.57. The number of nitrogens with zero attached hydrogens (tertiary/aromatic N) is 1. The summed E-state index contributed by atoms with van der Waals surface area (Å²) in [6, 6.07) is 6.68. The molecule has 0 aliphatic carbocycles. The largest absolute Gasteiger partial charge is 0.385 e. The maximum absolute atomic E-state index is 3.51. The van der Waals surface area contributed by atoms with E-state index in [2.05, 4.69) is 42.3 Å². The van der Waals surface area contributed by atoms with Crippen molar-refractivity contribution in [3.63, 3.8) is 0 Å². The second-order valence-electron chi connectivity index (χ2n) is 4.77. The van der Waals surface area contributed by atoms with Crippen LogP contribution in [0.15, 0.2) is 18.2 Å². The highest BCUT2D eigenvalue weighted by Gasteiger charge is 2.15. The first kappa shape index (κ1) is 12.3. The highest BCUT2D eigenvalue weighted by Crippen LogP contribution is 2.31. The van der Waals surface area contributed by atoms with Crippen molar-refractivity contribution in [3.8, 4) is 0 Å². The van der Waals surface area contributed by atoms with E-state index < -0.39 is 0 Å². The molecule has 0 atom stereocenters. The summed E-state index contributed by atoms with van der Waals surface area (Å²) in [6.07, 6.45) is 5.03. The van der Waals surface area contributed by atoms with E-state index in [4.69, 9.17) is 0 Å². The molecule has 1 aliphatic rings. The number of anilines is 2. The third kappa shape index (κ3) is 2.74. The van der Waals surface area contributed by atoms with Gasteiger partial charge in [-0.2, -0.15) is 0 Å². The lowest BCUT2D eigenvalue weighted by Gasteiger charge is -2.29. The molecule has 17 heavy (non-hydrogen) atoms. The van der Waals surface area contributed by atoms with Crippen LogP contribution >= 0.6 is 0 Å². The first-order valence-corrected chi connectivity index (χ1v) is 6.97. The lowest BCUT2D eigenvalue weighted by Crippen LogP contribution is -2.26. The average molecular weight is 232 g/mol. The van der Waals surface area contributed by atoms with Gasteiger partial charge in [0.05, 0.1) is 0 Å². The number of rotatable bonds is 5. The van der Waals surface area contributed by atoms with Crippen molar-refractivity contribution in [2.24, 2.45) is 0 Å². The van der Waals surface area contributed by atoms with Gasteiger partial charge in [0.1, 0.15) is 0 Å². The molecule has 2 nitrogen and oxygen atoms in total. The van der Waals surface area contributed by atoms with E-state index in [1.807, 2.05) is 0 Å². The lowest BCUT2D eigenvalue weighted by atomic mass is 10.0. The van der Waals surface area contributed by atoms with Crippen LogP contribution in [0.1, 0.15) is 38.7 Å². The van der Waals surface area contributed by atoms with Gasteiger partial charge in [0.25, 0.3) is 0 Å². The van der Waals surface area contributed by atoms with Gasteiger partial charge in [-0.1, -0.05) is 19.4 Å². The van der Waals surface area contributed by atoms with Crippen molar-refractivity contribution in [1.29, 1.82) is 0 Å². The van der Waals surface area contributed by atoms with Crippen LogP contribution in [0.2, 0.25) is 0 Å². The number of fused-ring (bicyclic) bond motifs is 1. The number of benzene rings is 1. The molecule has 0 fully saturated rings. The Hall–Kier alpha value is -1.18. The standard InChI is InChI=1S/C15H24N2/c1-3-5-12-17(4-2)15-10-6-9-14-13(15)8-7-11-16-14/h6,9-10,16H,3-5,7-8,11-12H2,1-2H3. The Kier molecular flexibility index (Phi) is 4.29.